The molecule has 0 fully saturated rings. The Balaban J connectivity index is 2.54. The smallest absolute Gasteiger partial charge is 0.315 e. The van der Waals surface area contributed by atoms with Gasteiger partial charge in [0, 0.05) is 17.3 Å². The number of hydrogen-bond acceptors (Lipinski definition) is 3. The molecule has 2 atom stereocenters. The largest absolute Gasteiger partial charge is 0.387 e. The summed E-state index contributed by atoms with van der Waals surface area (Å²) in [6, 6.07) is 3.25. The number of halogens is 2. The first-order chi connectivity index (χ1) is 9.75. The van der Waals surface area contributed by atoms with Crippen LogP contribution in [0.3, 0.4) is 0 Å². The predicted molar refractivity (Wildman–Crippen MR) is 85.4 cm³/mol. The SMILES string of the molecule is CSCC(C)(O)CNC(=O)NC(C)c1ccc(F)cc1Cl. The standard InChI is InChI=1S/C14H20ClFN2O2S/c1-9(11-5-4-10(16)6-12(11)15)18-13(19)17-7-14(2,20)8-21-3/h4-6,9,20H,7-8H2,1-3H3,(H2,17,18,19). The van der Waals surface area contributed by atoms with Gasteiger partial charge >= 0.3 is 6.03 Å². The Morgan fingerprint density at radius 1 is 1.57 bits per heavy atom. The molecule has 2 amide bonds. The van der Waals surface area contributed by atoms with Crippen LogP contribution in [-0.4, -0.2) is 35.3 Å². The fourth-order valence-corrected chi connectivity index (χ4v) is 2.87. The van der Waals surface area contributed by atoms with Crippen molar-refractivity contribution in [3.05, 3.63) is 34.6 Å². The molecule has 0 aliphatic rings. The second-order valence-corrected chi connectivity index (χ2v) is 6.42. The molecular formula is C14H20ClFN2O2S. The highest BCUT2D eigenvalue weighted by molar-refractivity contribution is 7.98. The number of rotatable bonds is 6. The Bertz CT molecular complexity index is 500. The fourth-order valence-electron chi connectivity index (χ4n) is 1.81. The number of amides is 2. The fraction of sp³-hybridized carbons (Fsp3) is 0.500. The van der Waals surface area contributed by atoms with Gasteiger partial charge in [-0.3, -0.25) is 0 Å². The van der Waals surface area contributed by atoms with Gasteiger partial charge in [-0.15, -0.1) is 0 Å². The third-order valence-corrected chi connectivity index (χ3v) is 4.10. The minimum Gasteiger partial charge on any atom is -0.387 e. The van der Waals surface area contributed by atoms with Crippen molar-refractivity contribution in [3.63, 3.8) is 0 Å². The van der Waals surface area contributed by atoms with Gasteiger partial charge in [0.2, 0.25) is 0 Å². The van der Waals surface area contributed by atoms with Gasteiger partial charge in [0.1, 0.15) is 5.82 Å². The topological polar surface area (TPSA) is 61.4 Å². The zero-order valence-electron chi connectivity index (χ0n) is 12.2. The van der Waals surface area contributed by atoms with Gasteiger partial charge < -0.3 is 15.7 Å². The lowest BCUT2D eigenvalue weighted by Gasteiger charge is -2.23. The highest BCUT2D eigenvalue weighted by Crippen LogP contribution is 2.23. The number of hydrogen-bond donors (Lipinski definition) is 3. The Hall–Kier alpha value is -0.980. The molecule has 0 bridgehead atoms. The van der Waals surface area contributed by atoms with Crippen molar-refractivity contribution >= 4 is 29.4 Å². The lowest BCUT2D eigenvalue weighted by Crippen LogP contribution is -2.46. The van der Waals surface area contributed by atoms with Gasteiger partial charge in [-0.1, -0.05) is 17.7 Å². The van der Waals surface area contributed by atoms with E-state index >= 15 is 0 Å². The monoisotopic (exact) mass is 334 g/mol. The molecule has 0 heterocycles. The number of aliphatic hydroxyl groups is 1. The third-order valence-electron chi connectivity index (χ3n) is 2.86. The summed E-state index contributed by atoms with van der Waals surface area (Å²) >= 11 is 7.44. The van der Waals surface area contributed by atoms with Crippen molar-refractivity contribution in [1.29, 1.82) is 0 Å². The molecule has 0 aliphatic heterocycles. The molecule has 1 rings (SSSR count). The van der Waals surface area contributed by atoms with Crippen molar-refractivity contribution in [2.75, 3.05) is 18.6 Å². The van der Waals surface area contributed by atoms with Gasteiger partial charge in [-0.05, 0) is 37.8 Å². The zero-order chi connectivity index (χ0) is 16.0. The van der Waals surface area contributed by atoms with Crippen LogP contribution in [0.2, 0.25) is 5.02 Å². The van der Waals surface area contributed by atoms with Crippen molar-refractivity contribution in [2.45, 2.75) is 25.5 Å². The van der Waals surface area contributed by atoms with Crippen LogP contribution < -0.4 is 10.6 Å². The van der Waals surface area contributed by atoms with E-state index in [1.54, 1.807) is 13.8 Å². The first kappa shape index (κ1) is 18.1. The van der Waals surface area contributed by atoms with E-state index in [0.717, 1.165) is 0 Å². The minimum atomic E-state index is -0.965. The maximum Gasteiger partial charge on any atom is 0.315 e. The molecule has 0 aliphatic carbocycles. The van der Waals surface area contributed by atoms with E-state index in [2.05, 4.69) is 10.6 Å². The number of carbonyl (C=O) groups excluding carboxylic acids is 1. The molecule has 7 heteroatoms. The average molecular weight is 335 g/mol. The Morgan fingerprint density at radius 2 is 2.24 bits per heavy atom. The highest BCUT2D eigenvalue weighted by atomic mass is 35.5. The van der Waals surface area contributed by atoms with Crippen molar-refractivity contribution in [2.24, 2.45) is 0 Å². The summed E-state index contributed by atoms with van der Waals surface area (Å²) in [5.74, 6) is 0.0978. The van der Waals surface area contributed by atoms with E-state index in [4.69, 9.17) is 11.6 Å². The molecule has 0 saturated carbocycles. The van der Waals surface area contributed by atoms with Crippen LogP contribution >= 0.6 is 23.4 Å². The van der Waals surface area contributed by atoms with Crippen molar-refractivity contribution in [1.82, 2.24) is 10.6 Å². The van der Waals surface area contributed by atoms with E-state index in [0.29, 0.717) is 11.3 Å². The summed E-state index contributed by atoms with van der Waals surface area (Å²) in [4.78, 5) is 11.8. The van der Waals surface area contributed by atoms with E-state index in [-0.39, 0.29) is 17.6 Å². The van der Waals surface area contributed by atoms with Crippen LogP contribution in [0.25, 0.3) is 0 Å². The quantitative estimate of drug-likeness (QED) is 0.749. The number of nitrogens with one attached hydrogen (secondary N) is 2. The lowest BCUT2D eigenvalue weighted by atomic mass is 10.1. The lowest BCUT2D eigenvalue weighted by molar-refractivity contribution is 0.0868. The van der Waals surface area contributed by atoms with Gasteiger partial charge in [0.05, 0.1) is 11.6 Å². The summed E-state index contributed by atoms with van der Waals surface area (Å²) < 4.78 is 13.0. The van der Waals surface area contributed by atoms with Crippen LogP contribution in [-0.2, 0) is 0 Å². The van der Waals surface area contributed by atoms with Crippen LogP contribution in [0.1, 0.15) is 25.5 Å². The predicted octanol–water partition coefficient (Wildman–Crippen LogP) is 2.95. The van der Waals surface area contributed by atoms with E-state index < -0.39 is 17.4 Å². The molecule has 0 saturated heterocycles. The summed E-state index contributed by atoms with van der Waals surface area (Å²) in [6.07, 6.45) is 1.88. The first-order valence-corrected chi connectivity index (χ1v) is 8.23. The molecule has 0 spiro atoms. The summed E-state index contributed by atoms with van der Waals surface area (Å²) in [6.45, 7) is 3.55. The molecule has 0 aromatic heterocycles. The molecule has 21 heavy (non-hydrogen) atoms. The third kappa shape index (κ3) is 6.11. The van der Waals surface area contributed by atoms with Gasteiger partial charge in [0.25, 0.3) is 0 Å². The van der Waals surface area contributed by atoms with Crippen LogP contribution in [0.5, 0.6) is 0 Å². The number of benzene rings is 1. The molecule has 4 nitrogen and oxygen atoms in total. The zero-order valence-corrected chi connectivity index (χ0v) is 13.8. The molecule has 3 N–H and O–H groups in total. The van der Waals surface area contributed by atoms with E-state index in [1.807, 2.05) is 6.26 Å². The van der Waals surface area contributed by atoms with Gasteiger partial charge in [0.15, 0.2) is 0 Å². The second kappa shape index (κ2) is 7.87. The molecule has 1 aromatic carbocycles. The van der Waals surface area contributed by atoms with Crippen molar-refractivity contribution in [3.8, 4) is 0 Å². The summed E-state index contributed by atoms with van der Waals surface area (Å²) in [5, 5.41) is 15.5. The number of thioether (sulfide) groups is 1. The van der Waals surface area contributed by atoms with Crippen LogP contribution in [0, 0.1) is 5.82 Å². The number of carbonyl (C=O) groups is 1. The van der Waals surface area contributed by atoms with E-state index in [9.17, 15) is 14.3 Å². The van der Waals surface area contributed by atoms with Gasteiger partial charge in [-0.2, -0.15) is 11.8 Å². The van der Waals surface area contributed by atoms with Crippen LogP contribution in [0.15, 0.2) is 18.2 Å². The Labute approximate surface area is 133 Å². The molecule has 2 unspecified atom stereocenters. The first-order valence-electron chi connectivity index (χ1n) is 6.46. The second-order valence-electron chi connectivity index (χ2n) is 5.14. The average Bonchev–Trinajstić information content (AvgIpc) is 2.36. The normalized spacial score (nSPS) is 15.1. The molecule has 1 aromatic rings. The Kier molecular flexibility index (Phi) is 6.77. The van der Waals surface area contributed by atoms with E-state index in [1.165, 1.54) is 30.0 Å². The molecule has 118 valence electrons. The van der Waals surface area contributed by atoms with Gasteiger partial charge in [-0.25, -0.2) is 9.18 Å². The molecular weight excluding hydrogens is 315 g/mol. The Morgan fingerprint density at radius 3 is 2.81 bits per heavy atom. The van der Waals surface area contributed by atoms with Crippen LogP contribution in [0.4, 0.5) is 9.18 Å². The maximum absolute atomic E-state index is 13.0. The molecule has 0 radical (unpaired) electrons. The highest BCUT2D eigenvalue weighted by Gasteiger charge is 2.21. The van der Waals surface area contributed by atoms with Crippen molar-refractivity contribution < 1.29 is 14.3 Å². The summed E-state index contributed by atoms with van der Waals surface area (Å²) in [7, 11) is 0. The summed E-state index contributed by atoms with van der Waals surface area (Å²) in [5.41, 5.74) is -0.336. The maximum atomic E-state index is 13.0. The number of urea groups is 1. The minimum absolute atomic E-state index is 0.142.